The normalized spacial score (nSPS) is 17.5. The maximum absolute atomic E-state index is 14.2. The Bertz CT molecular complexity index is 1570. The summed E-state index contributed by atoms with van der Waals surface area (Å²) in [6.45, 7) is 6.95. The molecule has 0 aliphatic carbocycles. The minimum atomic E-state index is -0.133. The fourth-order valence-corrected chi connectivity index (χ4v) is 6.39. The second kappa shape index (κ2) is 13.9. The highest BCUT2D eigenvalue weighted by Crippen LogP contribution is 2.38. The summed E-state index contributed by atoms with van der Waals surface area (Å²) in [5, 5.41) is 4.29. The Morgan fingerprint density at radius 2 is 1.71 bits per heavy atom. The summed E-state index contributed by atoms with van der Waals surface area (Å²) in [5.74, 6) is 1.38. The second-order valence-electron chi connectivity index (χ2n) is 12.0. The lowest BCUT2D eigenvalue weighted by molar-refractivity contribution is 0.0363. The molecule has 0 atom stereocenters. The van der Waals surface area contributed by atoms with Gasteiger partial charge in [-0.05, 0) is 50.3 Å². The maximum atomic E-state index is 14.2. The summed E-state index contributed by atoms with van der Waals surface area (Å²) < 4.78 is 8.36. The number of fused-ring (bicyclic) bond motifs is 1. The van der Waals surface area contributed by atoms with Crippen molar-refractivity contribution in [3.63, 3.8) is 0 Å². The fourth-order valence-electron chi connectivity index (χ4n) is 6.39. The lowest BCUT2D eigenvalue weighted by Gasteiger charge is -2.42. The molecule has 0 saturated carbocycles. The molecule has 4 heterocycles. The van der Waals surface area contributed by atoms with Gasteiger partial charge in [-0.15, -0.1) is 0 Å². The van der Waals surface area contributed by atoms with Gasteiger partial charge < -0.3 is 19.4 Å². The molecule has 10 heteroatoms. The zero-order valence-corrected chi connectivity index (χ0v) is 25.9. The van der Waals surface area contributed by atoms with Gasteiger partial charge in [0.15, 0.2) is 0 Å². The van der Waals surface area contributed by atoms with E-state index in [1.54, 1.807) is 29.5 Å². The molecule has 6 rings (SSSR count). The van der Waals surface area contributed by atoms with E-state index in [0.717, 1.165) is 50.2 Å². The van der Waals surface area contributed by atoms with E-state index >= 15 is 0 Å². The highest BCUT2D eigenvalue weighted by atomic mass is 16.5. The van der Waals surface area contributed by atoms with Crippen molar-refractivity contribution < 1.29 is 14.3 Å². The highest BCUT2D eigenvalue weighted by Gasteiger charge is 2.37. The van der Waals surface area contributed by atoms with Gasteiger partial charge in [0.1, 0.15) is 11.6 Å². The van der Waals surface area contributed by atoms with Crippen molar-refractivity contribution in [2.45, 2.75) is 45.7 Å². The number of carbonyl (C=O) groups excluding carboxylic acids is 2. The number of piperidine rings is 1. The van der Waals surface area contributed by atoms with Crippen LogP contribution in [0.1, 0.15) is 58.9 Å². The van der Waals surface area contributed by atoms with Crippen LogP contribution in [0.25, 0.3) is 0 Å². The monoisotopic (exact) mass is 607 g/mol. The van der Waals surface area contributed by atoms with Gasteiger partial charge >= 0.3 is 0 Å². The van der Waals surface area contributed by atoms with Crippen LogP contribution in [-0.4, -0.2) is 80.7 Å². The van der Waals surface area contributed by atoms with Crippen molar-refractivity contribution in [2.24, 2.45) is 5.41 Å². The molecule has 4 aromatic rings. The number of amides is 2. The van der Waals surface area contributed by atoms with Crippen molar-refractivity contribution in [2.75, 3.05) is 44.2 Å². The van der Waals surface area contributed by atoms with Crippen LogP contribution in [-0.2, 0) is 13.1 Å². The van der Waals surface area contributed by atoms with Gasteiger partial charge in [-0.25, -0.2) is 4.98 Å². The number of aryl methyl sites for hydroxylation is 1. The number of anilines is 1. The van der Waals surface area contributed by atoms with Crippen LogP contribution in [0.15, 0.2) is 85.6 Å². The zero-order chi connectivity index (χ0) is 31.1. The number of rotatable bonds is 5. The molecule has 10 nitrogen and oxygen atoms in total. The van der Waals surface area contributed by atoms with Gasteiger partial charge in [-0.2, -0.15) is 5.10 Å². The van der Waals surface area contributed by atoms with Crippen molar-refractivity contribution in [3.05, 3.63) is 102 Å². The van der Waals surface area contributed by atoms with Crippen LogP contribution < -0.4 is 9.64 Å². The second-order valence-corrected chi connectivity index (χ2v) is 12.0. The van der Waals surface area contributed by atoms with Crippen LogP contribution in [0.3, 0.4) is 0 Å². The average molecular weight is 608 g/mol. The van der Waals surface area contributed by atoms with Gasteiger partial charge in [-0.1, -0.05) is 42.5 Å². The molecule has 234 valence electrons. The Kier molecular flexibility index (Phi) is 9.38. The molecule has 1 saturated heterocycles. The number of hydrogen-bond acceptors (Lipinski definition) is 7. The number of hydrogen-bond donors (Lipinski definition) is 0. The Balaban J connectivity index is 1.26. The first-order valence-corrected chi connectivity index (χ1v) is 15.9. The first kappa shape index (κ1) is 30.3. The third-order valence-corrected chi connectivity index (χ3v) is 9.12. The van der Waals surface area contributed by atoms with E-state index in [2.05, 4.69) is 20.0 Å². The number of para-hydroxylation sites is 1. The van der Waals surface area contributed by atoms with Crippen LogP contribution in [0.2, 0.25) is 0 Å². The van der Waals surface area contributed by atoms with E-state index in [-0.39, 0.29) is 17.2 Å². The zero-order valence-electron chi connectivity index (χ0n) is 25.9. The van der Waals surface area contributed by atoms with Crippen LogP contribution in [0.4, 0.5) is 5.82 Å². The highest BCUT2D eigenvalue weighted by molar-refractivity contribution is 5.97. The van der Waals surface area contributed by atoms with E-state index < -0.39 is 0 Å². The number of carbonyl (C=O) groups is 2. The van der Waals surface area contributed by atoms with Crippen LogP contribution >= 0.6 is 0 Å². The van der Waals surface area contributed by atoms with Gasteiger partial charge in [0.05, 0.1) is 30.1 Å². The van der Waals surface area contributed by atoms with Gasteiger partial charge in [0, 0.05) is 69.8 Å². The Morgan fingerprint density at radius 1 is 0.911 bits per heavy atom. The van der Waals surface area contributed by atoms with Crippen molar-refractivity contribution in [3.8, 4) is 5.75 Å². The minimum absolute atomic E-state index is 0.0263. The smallest absolute Gasteiger partial charge is 0.257 e. The van der Waals surface area contributed by atoms with Crippen molar-refractivity contribution in [1.82, 2.24) is 29.5 Å². The summed E-state index contributed by atoms with van der Waals surface area (Å²) in [5.41, 5.74) is 2.13. The third-order valence-electron chi connectivity index (χ3n) is 9.12. The maximum Gasteiger partial charge on any atom is 0.257 e. The van der Waals surface area contributed by atoms with E-state index in [4.69, 9.17) is 4.74 Å². The fraction of sp³-hybridized carbons (Fsp3) is 0.400. The molecule has 2 amide bonds. The number of likely N-dealkylation sites (tertiary alicyclic amines) is 1. The Hall–Kier alpha value is -4.73. The topological polar surface area (TPSA) is 96.7 Å². The first-order chi connectivity index (χ1) is 22.0. The summed E-state index contributed by atoms with van der Waals surface area (Å²) in [7, 11) is 0. The van der Waals surface area contributed by atoms with E-state index in [1.807, 2.05) is 77.5 Å². The molecule has 2 aliphatic heterocycles. The van der Waals surface area contributed by atoms with Gasteiger partial charge in [0.2, 0.25) is 0 Å². The summed E-state index contributed by atoms with van der Waals surface area (Å²) >= 11 is 0. The molecule has 0 bridgehead atoms. The standard InChI is InChI=1S/C35H41N7O3/c1-2-42-26-29(23-38-42)33(43)40-19-14-35(15-20-40)13-8-18-39(32-24-36-16-17-37-32)21-22-41(25-28-9-4-3-5-10-28)34(44)30-11-6-7-12-31(30)45-27-35/h3-7,9-12,16-17,23-24,26H,2,8,13-15,18-22,25,27H2,1H3. The quantitative estimate of drug-likeness (QED) is 0.317. The number of nitrogens with zero attached hydrogens (tertiary/aromatic N) is 7. The van der Waals surface area contributed by atoms with E-state index in [9.17, 15) is 9.59 Å². The largest absolute Gasteiger partial charge is 0.492 e. The molecule has 1 fully saturated rings. The number of ether oxygens (including phenoxy) is 1. The average Bonchev–Trinajstić information content (AvgIpc) is 3.58. The van der Waals surface area contributed by atoms with Crippen molar-refractivity contribution >= 4 is 17.6 Å². The molecule has 2 aliphatic rings. The minimum Gasteiger partial charge on any atom is -0.492 e. The number of benzene rings is 2. The molecule has 1 spiro atoms. The molecule has 2 aromatic carbocycles. The number of aromatic nitrogens is 4. The van der Waals surface area contributed by atoms with Gasteiger partial charge in [0.25, 0.3) is 11.8 Å². The predicted octanol–water partition coefficient (Wildman–Crippen LogP) is 4.94. The Morgan fingerprint density at radius 3 is 2.47 bits per heavy atom. The molecule has 2 aromatic heterocycles. The van der Waals surface area contributed by atoms with Crippen LogP contribution in [0.5, 0.6) is 5.75 Å². The lowest BCUT2D eigenvalue weighted by atomic mass is 9.75. The van der Waals surface area contributed by atoms with Crippen LogP contribution in [0, 0.1) is 5.41 Å². The first-order valence-electron chi connectivity index (χ1n) is 15.9. The van der Waals surface area contributed by atoms with E-state index in [1.165, 1.54) is 0 Å². The molecular formula is C35H41N7O3. The summed E-state index contributed by atoms with van der Waals surface area (Å²) in [6.07, 6.45) is 12.2. The SMILES string of the molecule is CCn1cc(C(=O)N2CCC3(CCCN(c4cnccn4)CCN(Cc4ccccc4)C(=O)c4ccccc4OC3)CC2)cn1. The molecule has 0 N–H and O–H groups in total. The molecule has 45 heavy (non-hydrogen) atoms. The summed E-state index contributed by atoms with van der Waals surface area (Å²) in [6, 6.07) is 17.7. The Labute approximate surface area is 264 Å². The lowest BCUT2D eigenvalue weighted by Crippen LogP contribution is -2.46. The van der Waals surface area contributed by atoms with Crippen molar-refractivity contribution in [1.29, 1.82) is 0 Å². The summed E-state index contributed by atoms with van der Waals surface area (Å²) in [4.78, 5) is 42.5. The van der Waals surface area contributed by atoms with Gasteiger partial charge in [-0.3, -0.25) is 19.3 Å². The molecular weight excluding hydrogens is 566 g/mol. The van der Waals surface area contributed by atoms with E-state index in [0.29, 0.717) is 56.2 Å². The molecule has 0 unspecified atom stereocenters. The molecule has 0 radical (unpaired) electrons. The predicted molar refractivity (Wildman–Crippen MR) is 172 cm³/mol. The third kappa shape index (κ3) is 7.16.